The molecule has 0 atom stereocenters. The van der Waals surface area contributed by atoms with Crippen LogP contribution >= 0.6 is 15.9 Å². The zero-order valence-electron chi connectivity index (χ0n) is 6.27. The van der Waals surface area contributed by atoms with E-state index in [1.165, 1.54) is 6.07 Å². The summed E-state index contributed by atoms with van der Waals surface area (Å²) in [5.41, 5.74) is 0. The summed E-state index contributed by atoms with van der Waals surface area (Å²) in [6.45, 7) is -1.36. The van der Waals surface area contributed by atoms with Crippen molar-refractivity contribution in [1.82, 2.24) is 5.16 Å². The van der Waals surface area contributed by atoms with Gasteiger partial charge in [-0.3, -0.25) is 0 Å². The van der Waals surface area contributed by atoms with E-state index in [1.807, 2.05) is 0 Å². The minimum atomic E-state index is -4.35. The van der Waals surface area contributed by atoms with E-state index in [2.05, 4.69) is 30.3 Å². The molecule has 1 heterocycles. The maximum atomic E-state index is 11.6. The SMILES string of the molecule is FC(F)(F)COc1cc(CBr)on1. The molecule has 0 saturated heterocycles. The van der Waals surface area contributed by atoms with Gasteiger partial charge in [-0.1, -0.05) is 15.9 Å². The van der Waals surface area contributed by atoms with E-state index in [0.717, 1.165) is 0 Å². The van der Waals surface area contributed by atoms with Crippen LogP contribution in [0.15, 0.2) is 10.6 Å². The van der Waals surface area contributed by atoms with E-state index in [-0.39, 0.29) is 5.88 Å². The molecule has 0 aliphatic heterocycles. The minimum absolute atomic E-state index is 0.160. The van der Waals surface area contributed by atoms with Gasteiger partial charge in [-0.05, 0) is 5.16 Å². The standard InChI is InChI=1S/C6H5BrF3NO2/c7-2-4-1-5(11-13-4)12-3-6(8,9)10/h1H,2-3H2. The van der Waals surface area contributed by atoms with Crippen molar-refractivity contribution in [3.05, 3.63) is 11.8 Å². The molecular weight excluding hydrogens is 255 g/mol. The Morgan fingerprint density at radius 2 is 2.23 bits per heavy atom. The van der Waals surface area contributed by atoms with E-state index >= 15 is 0 Å². The molecule has 0 radical (unpaired) electrons. The van der Waals surface area contributed by atoms with Crippen molar-refractivity contribution in [2.24, 2.45) is 0 Å². The molecule has 0 bridgehead atoms. The number of rotatable bonds is 3. The average Bonchev–Trinajstić information content (AvgIpc) is 2.47. The maximum Gasteiger partial charge on any atom is 0.422 e. The third-order valence-corrected chi connectivity index (χ3v) is 1.61. The zero-order valence-corrected chi connectivity index (χ0v) is 7.85. The fourth-order valence-corrected chi connectivity index (χ4v) is 0.845. The highest BCUT2D eigenvalue weighted by Crippen LogP contribution is 2.18. The maximum absolute atomic E-state index is 11.6. The van der Waals surface area contributed by atoms with E-state index < -0.39 is 12.8 Å². The number of hydrogen-bond acceptors (Lipinski definition) is 3. The number of hydrogen-bond donors (Lipinski definition) is 0. The van der Waals surface area contributed by atoms with Crippen molar-refractivity contribution in [3.63, 3.8) is 0 Å². The van der Waals surface area contributed by atoms with Crippen molar-refractivity contribution in [3.8, 4) is 5.88 Å². The second-order valence-electron chi connectivity index (χ2n) is 2.17. The van der Waals surface area contributed by atoms with E-state index in [0.29, 0.717) is 11.1 Å². The summed E-state index contributed by atoms with van der Waals surface area (Å²) in [6.07, 6.45) is -4.35. The van der Waals surface area contributed by atoms with Gasteiger partial charge in [-0.2, -0.15) is 13.2 Å². The van der Waals surface area contributed by atoms with Gasteiger partial charge in [0.05, 0.1) is 5.33 Å². The van der Waals surface area contributed by atoms with Crippen LogP contribution in [-0.2, 0) is 5.33 Å². The first-order chi connectivity index (χ1) is 6.01. The van der Waals surface area contributed by atoms with Crippen LogP contribution in [0.25, 0.3) is 0 Å². The van der Waals surface area contributed by atoms with Gasteiger partial charge in [0.1, 0.15) is 0 Å². The van der Waals surface area contributed by atoms with Crippen LogP contribution in [0.3, 0.4) is 0 Å². The molecule has 3 nitrogen and oxygen atoms in total. The molecule has 0 unspecified atom stereocenters. The van der Waals surface area contributed by atoms with E-state index in [1.54, 1.807) is 0 Å². The Hall–Kier alpha value is -0.720. The summed E-state index contributed by atoms with van der Waals surface area (Å²) in [4.78, 5) is 0. The predicted molar refractivity (Wildman–Crippen MR) is 40.7 cm³/mol. The van der Waals surface area contributed by atoms with Crippen molar-refractivity contribution in [2.45, 2.75) is 11.5 Å². The Kier molecular flexibility index (Phi) is 3.18. The first-order valence-electron chi connectivity index (χ1n) is 3.22. The van der Waals surface area contributed by atoms with Gasteiger partial charge in [0.2, 0.25) is 0 Å². The molecule has 0 spiro atoms. The minimum Gasteiger partial charge on any atom is -0.466 e. The van der Waals surface area contributed by atoms with Gasteiger partial charge in [-0.25, -0.2) is 0 Å². The lowest BCUT2D eigenvalue weighted by molar-refractivity contribution is -0.154. The third kappa shape index (κ3) is 3.67. The molecule has 0 fully saturated rings. The normalized spacial score (nSPS) is 11.7. The summed E-state index contributed by atoms with van der Waals surface area (Å²) >= 11 is 3.05. The summed E-state index contributed by atoms with van der Waals surface area (Å²) in [5, 5.41) is 3.65. The van der Waals surface area contributed by atoms with Crippen LogP contribution in [0.4, 0.5) is 13.2 Å². The number of aromatic nitrogens is 1. The van der Waals surface area contributed by atoms with Gasteiger partial charge in [0.15, 0.2) is 12.4 Å². The highest BCUT2D eigenvalue weighted by Gasteiger charge is 2.28. The second kappa shape index (κ2) is 3.99. The molecule has 1 rings (SSSR count). The molecule has 1 aromatic rings. The fraction of sp³-hybridized carbons (Fsp3) is 0.500. The first-order valence-corrected chi connectivity index (χ1v) is 4.34. The van der Waals surface area contributed by atoms with Crippen LogP contribution in [-0.4, -0.2) is 17.9 Å². The number of ether oxygens (including phenoxy) is 1. The lowest BCUT2D eigenvalue weighted by Gasteiger charge is -2.04. The van der Waals surface area contributed by atoms with Crippen LogP contribution in [0.5, 0.6) is 5.88 Å². The molecular formula is C6H5BrF3NO2. The van der Waals surface area contributed by atoms with Gasteiger partial charge in [-0.15, -0.1) is 0 Å². The summed E-state index contributed by atoms with van der Waals surface area (Å²) < 4.78 is 43.8. The Morgan fingerprint density at radius 3 is 2.69 bits per heavy atom. The Balaban J connectivity index is 2.46. The summed E-state index contributed by atoms with van der Waals surface area (Å²) in [5.74, 6) is 0.254. The van der Waals surface area contributed by atoms with Gasteiger partial charge < -0.3 is 9.26 Å². The number of alkyl halides is 4. The van der Waals surface area contributed by atoms with Gasteiger partial charge in [0, 0.05) is 6.07 Å². The first kappa shape index (κ1) is 10.4. The van der Waals surface area contributed by atoms with E-state index in [9.17, 15) is 13.2 Å². The Morgan fingerprint density at radius 1 is 1.54 bits per heavy atom. The average molecular weight is 260 g/mol. The van der Waals surface area contributed by atoms with Crippen LogP contribution in [0, 0.1) is 0 Å². The van der Waals surface area contributed by atoms with E-state index in [4.69, 9.17) is 0 Å². The van der Waals surface area contributed by atoms with Crippen molar-refractivity contribution < 1.29 is 22.4 Å². The molecule has 13 heavy (non-hydrogen) atoms. The highest BCUT2D eigenvalue weighted by atomic mass is 79.9. The molecule has 0 saturated carbocycles. The van der Waals surface area contributed by atoms with Crippen LogP contribution in [0.2, 0.25) is 0 Å². The van der Waals surface area contributed by atoms with Gasteiger partial charge >= 0.3 is 6.18 Å². The van der Waals surface area contributed by atoms with Crippen molar-refractivity contribution >= 4 is 15.9 Å². The fourth-order valence-electron chi connectivity index (χ4n) is 0.581. The lowest BCUT2D eigenvalue weighted by atomic mass is 10.5. The lowest BCUT2D eigenvalue weighted by Crippen LogP contribution is -2.19. The topological polar surface area (TPSA) is 35.3 Å². The quantitative estimate of drug-likeness (QED) is 0.783. The second-order valence-corrected chi connectivity index (χ2v) is 2.73. The van der Waals surface area contributed by atoms with Crippen LogP contribution < -0.4 is 4.74 Å². The Bertz CT molecular complexity index is 273. The predicted octanol–water partition coefficient (Wildman–Crippen LogP) is 2.51. The number of halogens is 4. The number of nitrogens with zero attached hydrogens (tertiary/aromatic N) is 1. The third-order valence-electron chi connectivity index (χ3n) is 1.05. The monoisotopic (exact) mass is 259 g/mol. The molecule has 1 aromatic heterocycles. The summed E-state index contributed by atoms with van der Waals surface area (Å²) in [7, 11) is 0. The molecule has 7 heteroatoms. The molecule has 0 aliphatic rings. The molecule has 0 N–H and O–H groups in total. The molecule has 0 aromatic carbocycles. The Labute approximate surface area is 80.0 Å². The van der Waals surface area contributed by atoms with Gasteiger partial charge in [0.25, 0.3) is 5.88 Å². The van der Waals surface area contributed by atoms with Crippen molar-refractivity contribution in [2.75, 3.05) is 6.61 Å². The molecule has 74 valence electrons. The summed E-state index contributed by atoms with van der Waals surface area (Å²) in [6, 6.07) is 1.29. The molecule has 0 amide bonds. The van der Waals surface area contributed by atoms with Crippen LogP contribution in [0.1, 0.15) is 5.76 Å². The van der Waals surface area contributed by atoms with Crippen molar-refractivity contribution in [1.29, 1.82) is 0 Å². The smallest absolute Gasteiger partial charge is 0.422 e. The molecule has 0 aliphatic carbocycles. The zero-order chi connectivity index (χ0) is 9.90. The highest BCUT2D eigenvalue weighted by molar-refractivity contribution is 9.08. The largest absolute Gasteiger partial charge is 0.466 e.